The van der Waals surface area contributed by atoms with E-state index in [1.165, 1.54) is 83.5 Å². The maximum Gasteiger partial charge on any atom is 0.131 e. The average Bonchev–Trinajstić information content (AvgIpc) is 3.20. The van der Waals surface area contributed by atoms with Crippen LogP contribution in [-0.2, 0) is 0 Å². The molecule has 0 atom stereocenters. The largest absolute Gasteiger partial charge is 0.497 e. The lowest BCUT2D eigenvalue weighted by Gasteiger charge is -2.18. The molecule has 1 aliphatic heterocycles. The third-order valence-electron chi connectivity index (χ3n) is 5.57. The minimum Gasteiger partial charge on any atom is -0.497 e. The Bertz CT molecular complexity index is 541. The summed E-state index contributed by atoms with van der Waals surface area (Å²) < 4.78 is 5.22. The van der Waals surface area contributed by atoms with Gasteiger partial charge in [-0.25, -0.2) is 4.99 Å². The monoisotopic (exact) mass is 387 g/mol. The van der Waals surface area contributed by atoms with Crippen LogP contribution in [0.5, 0.6) is 5.75 Å². The van der Waals surface area contributed by atoms with Crippen molar-refractivity contribution in [1.29, 1.82) is 0 Å². The van der Waals surface area contributed by atoms with Gasteiger partial charge in [0, 0.05) is 6.42 Å². The highest BCUT2D eigenvalue weighted by atomic mass is 16.5. The summed E-state index contributed by atoms with van der Waals surface area (Å²) in [7, 11) is 1.69. The third kappa shape index (κ3) is 8.99. The number of nitrogens with one attached hydrogen (secondary N) is 1. The molecule has 28 heavy (non-hydrogen) atoms. The van der Waals surface area contributed by atoms with Gasteiger partial charge < -0.3 is 4.74 Å². The lowest BCUT2D eigenvalue weighted by Crippen LogP contribution is -2.35. The van der Waals surface area contributed by atoms with Crippen LogP contribution in [0.15, 0.2) is 29.3 Å². The highest BCUT2D eigenvalue weighted by Crippen LogP contribution is 2.20. The van der Waals surface area contributed by atoms with Crippen molar-refractivity contribution in [2.24, 2.45) is 4.99 Å². The molecule has 0 spiro atoms. The number of hydrazine groups is 1. The summed E-state index contributed by atoms with van der Waals surface area (Å²) in [4.78, 5) is 4.63. The Labute approximate surface area is 172 Å². The quantitative estimate of drug-likeness (QED) is 0.315. The Balaban J connectivity index is 1.41. The predicted octanol–water partition coefficient (Wildman–Crippen LogP) is 6.86. The van der Waals surface area contributed by atoms with Crippen LogP contribution in [0.4, 0.5) is 5.69 Å². The molecule has 0 aromatic heterocycles. The fourth-order valence-corrected chi connectivity index (χ4v) is 3.74. The number of hydrogen-bond acceptors (Lipinski definition) is 4. The van der Waals surface area contributed by atoms with Crippen LogP contribution in [0.3, 0.4) is 0 Å². The normalized spacial score (nSPS) is 13.5. The van der Waals surface area contributed by atoms with Crippen LogP contribution >= 0.6 is 0 Å². The maximum absolute atomic E-state index is 5.22. The SMILES string of the molecule is CCCCCCCCCCCCCCCC1=NCN(c2ccc(OC)cc2)N1. The molecule has 158 valence electrons. The van der Waals surface area contributed by atoms with Gasteiger partial charge in [0.2, 0.25) is 0 Å². The first-order valence-electron chi connectivity index (χ1n) is 11.5. The van der Waals surface area contributed by atoms with E-state index in [-0.39, 0.29) is 0 Å². The van der Waals surface area contributed by atoms with Crippen molar-refractivity contribution in [2.75, 3.05) is 18.8 Å². The Hall–Kier alpha value is -1.71. The second-order valence-corrected chi connectivity index (χ2v) is 7.98. The molecular weight excluding hydrogens is 346 g/mol. The van der Waals surface area contributed by atoms with Gasteiger partial charge in [-0.05, 0) is 30.7 Å². The molecule has 1 heterocycles. The first-order chi connectivity index (χ1) is 13.8. The van der Waals surface area contributed by atoms with Gasteiger partial charge in [0.05, 0.1) is 12.8 Å². The fraction of sp³-hybridized carbons (Fsp3) is 0.708. The number of nitrogens with zero attached hydrogens (tertiary/aromatic N) is 2. The van der Waals surface area contributed by atoms with Gasteiger partial charge in [0.15, 0.2) is 0 Å². The Kier molecular flexibility index (Phi) is 11.5. The molecule has 0 saturated carbocycles. The van der Waals surface area contributed by atoms with Gasteiger partial charge >= 0.3 is 0 Å². The van der Waals surface area contributed by atoms with Crippen molar-refractivity contribution < 1.29 is 4.74 Å². The van der Waals surface area contributed by atoms with Crippen molar-refractivity contribution in [3.05, 3.63) is 24.3 Å². The number of benzene rings is 1. The van der Waals surface area contributed by atoms with Crippen LogP contribution in [-0.4, -0.2) is 19.6 Å². The van der Waals surface area contributed by atoms with E-state index in [0.29, 0.717) is 6.67 Å². The van der Waals surface area contributed by atoms with E-state index in [2.05, 4.69) is 34.5 Å². The molecule has 1 aromatic rings. The third-order valence-corrected chi connectivity index (χ3v) is 5.57. The smallest absolute Gasteiger partial charge is 0.131 e. The number of methoxy groups -OCH3 is 1. The maximum atomic E-state index is 5.22. The summed E-state index contributed by atoms with van der Waals surface area (Å²) in [5.74, 6) is 2.01. The lowest BCUT2D eigenvalue weighted by molar-refractivity contribution is 0.415. The number of rotatable bonds is 16. The van der Waals surface area contributed by atoms with E-state index >= 15 is 0 Å². The number of anilines is 1. The minimum atomic E-state index is 0.695. The molecule has 1 N–H and O–H groups in total. The van der Waals surface area contributed by atoms with E-state index < -0.39 is 0 Å². The molecule has 4 heteroatoms. The number of amidine groups is 1. The topological polar surface area (TPSA) is 36.9 Å². The van der Waals surface area contributed by atoms with Gasteiger partial charge in [0.1, 0.15) is 18.3 Å². The standard InChI is InChI=1S/C24H41N3O/c1-3-4-5-6-7-8-9-10-11-12-13-14-15-16-24-25-21-27(26-24)22-17-19-23(28-2)20-18-22/h17-20H,3-16,21H2,1-2H3,(H,25,26). The minimum absolute atomic E-state index is 0.695. The predicted molar refractivity (Wildman–Crippen MR) is 121 cm³/mol. The van der Waals surface area contributed by atoms with Gasteiger partial charge in [-0.15, -0.1) is 0 Å². The van der Waals surface area contributed by atoms with E-state index in [4.69, 9.17) is 4.74 Å². The van der Waals surface area contributed by atoms with Crippen molar-refractivity contribution in [3.63, 3.8) is 0 Å². The summed E-state index contributed by atoms with van der Waals surface area (Å²) in [6.07, 6.45) is 19.2. The van der Waals surface area contributed by atoms with Crippen molar-refractivity contribution in [2.45, 2.75) is 96.8 Å². The molecule has 0 fully saturated rings. The van der Waals surface area contributed by atoms with Crippen LogP contribution in [0.25, 0.3) is 0 Å². The van der Waals surface area contributed by atoms with Crippen LogP contribution in [0, 0.1) is 0 Å². The lowest BCUT2D eigenvalue weighted by atomic mass is 10.0. The summed E-state index contributed by atoms with van der Waals surface area (Å²) in [6, 6.07) is 8.11. The van der Waals surface area contributed by atoms with E-state index in [9.17, 15) is 0 Å². The molecule has 1 aliphatic rings. The van der Waals surface area contributed by atoms with Crippen LogP contribution < -0.4 is 15.2 Å². The molecule has 1 aromatic carbocycles. The second kappa shape index (κ2) is 14.3. The van der Waals surface area contributed by atoms with Gasteiger partial charge in [0.25, 0.3) is 0 Å². The highest BCUT2D eigenvalue weighted by molar-refractivity contribution is 5.85. The number of ether oxygens (including phenoxy) is 1. The van der Waals surface area contributed by atoms with Gasteiger partial charge in [-0.3, -0.25) is 10.4 Å². The van der Waals surface area contributed by atoms with Crippen LogP contribution in [0.2, 0.25) is 0 Å². The molecule has 0 bridgehead atoms. The molecule has 0 radical (unpaired) electrons. The molecule has 4 nitrogen and oxygen atoms in total. The van der Waals surface area contributed by atoms with Crippen LogP contribution in [0.1, 0.15) is 96.8 Å². The number of unbranched alkanes of at least 4 members (excludes halogenated alkanes) is 12. The first kappa shape index (κ1) is 22.6. The zero-order valence-electron chi connectivity index (χ0n) is 18.2. The molecule has 0 unspecified atom stereocenters. The molecule has 0 amide bonds. The zero-order chi connectivity index (χ0) is 19.9. The number of aliphatic imine (C=N–C) groups is 1. The second-order valence-electron chi connectivity index (χ2n) is 7.98. The summed E-state index contributed by atoms with van der Waals surface area (Å²) >= 11 is 0. The summed E-state index contributed by atoms with van der Waals surface area (Å²) in [5.41, 5.74) is 4.56. The molecule has 0 aliphatic carbocycles. The highest BCUT2D eigenvalue weighted by Gasteiger charge is 2.14. The molecule has 2 rings (SSSR count). The Morgan fingerprint density at radius 3 is 1.89 bits per heavy atom. The van der Waals surface area contributed by atoms with E-state index in [0.717, 1.165) is 23.7 Å². The van der Waals surface area contributed by atoms with Crippen molar-refractivity contribution in [1.82, 2.24) is 5.43 Å². The first-order valence-corrected chi connectivity index (χ1v) is 11.5. The number of hydrogen-bond donors (Lipinski definition) is 1. The van der Waals surface area contributed by atoms with Gasteiger partial charge in [-0.1, -0.05) is 84.0 Å². The summed E-state index contributed by atoms with van der Waals surface area (Å²) in [5, 5.41) is 2.09. The van der Waals surface area contributed by atoms with E-state index in [1.54, 1.807) is 7.11 Å². The zero-order valence-corrected chi connectivity index (χ0v) is 18.2. The van der Waals surface area contributed by atoms with Gasteiger partial charge in [-0.2, -0.15) is 0 Å². The van der Waals surface area contributed by atoms with E-state index in [1.807, 2.05) is 12.1 Å². The average molecular weight is 388 g/mol. The molecular formula is C24H41N3O. The Morgan fingerprint density at radius 1 is 0.821 bits per heavy atom. The summed E-state index contributed by atoms with van der Waals surface area (Å²) in [6.45, 7) is 2.98. The fourth-order valence-electron chi connectivity index (χ4n) is 3.74. The molecule has 0 saturated heterocycles. The van der Waals surface area contributed by atoms with Crippen molar-refractivity contribution >= 4 is 11.5 Å². The van der Waals surface area contributed by atoms with Crippen molar-refractivity contribution in [3.8, 4) is 5.75 Å². The Morgan fingerprint density at radius 2 is 1.36 bits per heavy atom.